The number of aliphatic carboxylic acids is 2. The van der Waals surface area contributed by atoms with Crippen molar-refractivity contribution in [3.05, 3.63) is 0 Å². The Morgan fingerprint density at radius 3 is 0.660 bits per heavy atom. The number of rotatable bonds is 34. The summed E-state index contributed by atoms with van der Waals surface area (Å²) in [5, 5.41) is 33.9. The van der Waals surface area contributed by atoms with E-state index in [-0.39, 0.29) is 18.6 Å². The average Bonchev–Trinajstić information content (AvgIpc) is 3.05. The molecule has 0 amide bonds. The number of carbonyl (C=O) groups is 2. The molecule has 0 spiro atoms. The van der Waals surface area contributed by atoms with Gasteiger partial charge in [0, 0.05) is 18.3 Å². The predicted molar refractivity (Wildman–Crippen MR) is 202 cm³/mol. The van der Waals surface area contributed by atoms with Crippen LogP contribution in [0.1, 0.15) is 233 Å². The van der Waals surface area contributed by atoms with Crippen LogP contribution in [0.2, 0.25) is 0 Å². The van der Waals surface area contributed by atoms with Crippen LogP contribution >= 0.6 is 0 Å². The maximum Gasteiger partial charge on any atom is 0.303 e. The fourth-order valence-electron chi connectivity index (χ4n) is 5.35. The summed E-state index contributed by atoms with van der Waals surface area (Å²) < 4.78 is 0. The monoisotopic (exact) mass is 673 g/mol. The van der Waals surface area contributed by atoms with Crippen molar-refractivity contribution in [3.63, 3.8) is 0 Å². The Bertz CT molecular complexity index is 557. The highest BCUT2D eigenvalue weighted by Crippen LogP contribution is 2.15. The Kier molecular flexibility index (Phi) is 45.8. The van der Waals surface area contributed by atoms with Crippen molar-refractivity contribution in [3.8, 4) is 0 Å². The Labute approximate surface area is 293 Å². The van der Waals surface area contributed by atoms with Crippen LogP contribution in [0.25, 0.3) is 0 Å². The average molecular weight is 673 g/mol. The molecule has 0 aromatic rings. The van der Waals surface area contributed by atoms with Gasteiger partial charge in [0.05, 0.1) is 13.2 Å². The van der Waals surface area contributed by atoms with Gasteiger partial charge in [-0.3, -0.25) is 9.59 Å². The predicted octanol–water partition coefficient (Wildman–Crippen LogP) is 12.7. The van der Waals surface area contributed by atoms with E-state index in [1.807, 2.05) is 0 Å². The van der Waals surface area contributed by atoms with Crippen LogP contribution in [-0.2, 0) is 9.59 Å². The minimum absolute atomic E-state index is 0.0451. The van der Waals surface area contributed by atoms with Gasteiger partial charge in [0.1, 0.15) is 0 Å². The number of hydrogen-bond acceptors (Lipinski definition) is 4. The van der Waals surface area contributed by atoms with Gasteiger partial charge in [-0.2, -0.15) is 0 Å². The van der Waals surface area contributed by atoms with E-state index >= 15 is 0 Å². The first kappa shape index (κ1) is 50.2. The van der Waals surface area contributed by atoms with Gasteiger partial charge in [0.2, 0.25) is 0 Å². The summed E-state index contributed by atoms with van der Waals surface area (Å²) in [5.41, 5.74) is -0.306. The summed E-state index contributed by atoms with van der Waals surface area (Å²) >= 11 is 0. The fraction of sp³-hybridized carbons (Fsp3) is 0.951. The van der Waals surface area contributed by atoms with Crippen molar-refractivity contribution in [1.29, 1.82) is 0 Å². The van der Waals surface area contributed by atoms with Crippen molar-refractivity contribution in [2.75, 3.05) is 13.2 Å². The van der Waals surface area contributed by atoms with Crippen LogP contribution in [0.4, 0.5) is 0 Å². The lowest BCUT2D eigenvalue weighted by Gasteiger charge is -2.16. The van der Waals surface area contributed by atoms with E-state index in [9.17, 15) is 9.59 Å². The van der Waals surface area contributed by atoms with Gasteiger partial charge in [-0.1, -0.05) is 207 Å². The molecule has 0 fully saturated rings. The minimum Gasteiger partial charge on any atom is -0.481 e. The van der Waals surface area contributed by atoms with E-state index in [4.69, 9.17) is 20.4 Å². The lowest BCUT2D eigenvalue weighted by molar-refractivity contribution is -0.138. The van der Waals surface area contributed by atoms with Crippen LogP contribution in [0.5, 0.6) is 0 Å². The molecule has 6 heteroatoms. The summed E-state index contributed by atoms with van der Waals surface area (Å²) in [6.07, 6.45) is 40.4. The van der Waals surface area contributed by atoms with E-state index in [0.29, 0.717) is 12.8 Å². The Morgan fingerprint density at radius 2 is 0.532 bits per heavy atom. The highest BCUT2D eigenvalue weighted by Gasteiger charge is 2.13. The first-order valence-electron chi connectivity index (χ1n) is 20.3. The Morgan fingerprint density at radius 1 is 0.362 bits per heavy atom. The van der Waals surface area contributed by atoms with E-state index in [1.54, 1.807) is 13.8 Å². The summed E-state index contributed by atoms with van der Waals surface area (Å²) in [6.45, 7) is 8.23. The number of hydrogen-bond donors (Lipinski definition) is 4. The smallest absolute Gasteiger partial charge is 0.303 e. The van der Waals surface area contributed by atoms with Crippen LogP contribution in [0.15, 0.2) is 0 Å². The van der Waals surface area contributed by atoms with Gasteiger partial charge in [0.25, 0.3) is 0 Å². The first-order valence-corrected chi connectivity index (χ1v) is 20.3. The van der Waals surface area contributed by atoms with Crippen molar-refractivity contribution < 1.29 is 30.0 Å². The molecule has 47 heavy (non-hydrogen) atoms. The standard InChI is InChI=1S/2C18H36O2.C5H12O2/c2*1-2-3-4-5-6-7-8-9-10-11-12-13-14-15-16-17-18(19)20;1-5(2,3-6)4-7/h2*2-17H2,1H3,(H,19,20);6-7H,3-4H2,1-2H3. The zero-order valence-electron chi connectivity index (χ0n) is 32.1. The summed E-state index contributed by atoms with van der Waals surface area (Å²) in [4.78, 5) is 20.7. The highest BCUT2D eigenvalue weighted by molar-refractivity contribution is 5.66. The topological polar surface area (TPSA) is 115 Å². The van der Waals surface area contributed by atoms with Crippen LogP contribution < -0.4 is 0 Å². The quantitative estimate of drug-likeness (QED) is 0.0506. The molecular formula is C41H84O6. The van der Waals surface area contributed by atoms with Crippen LogP contribution in [0.3, 0.4) is 0 Å². The number of aliphatic hydroxyl groups is 2. The number of aliphatic hydroxyl groups excluding tert-OH is 2. The van der Waals surface area contributed by atoms with Crippen LogP contribution in [-0.4, -0.2) is 45.6 Å². The third-order valence-corrected chi connectivity index (χ3v) is 8.84. The number of unbranched alkanes of at least 4 members (excludes halogenated alkanes) is 28. The second kappa shape index (κ2) is 42.9. The maximum atomic E-state index is 10.3. The molecule has 0 rings (SSSR count). The second-order valence-electron chi connectivity index (χ2n) is 14.7. The third-order valence-electron chi connectivity index (χ3n) is 8.84. The molecule has 0 unspecified atom stereocenters. The molecule has 284 valence electrons. The lowest BCUT2D eigenvalue weighted by Crippen LogP contribution is -2.20. The zero-order chi connectivity index (χ0) is 35.7. The summed E-state index contributed by atoms with van der Waals surface area (Å²) in [6, 6.07) is 0. The summed E-state index contributed by atoms with van der Waals surface area (Å²) in [7, 11) is 0. The van der Waals surface area contributed by atoms with Gasteiger partial charge < -0.3 is 20.4 Å². The van der Waals surface area contributed by atoms with Gasteiger partial charge in [-0.25, -0.2) is 0 Å². The molecule has 0 aromatic heterocycles. The van der Waals surface area contributed by atoms with Crippen LogP contribution in [0, 0.1) is 5.41 Å². The van der Waals surface area contributed by atoms with Gasteiger partial charge >= 0.3 is 11.9 Å². The largest absolute Gasteiger partial charge is 0.481 e. The molecule has 0 radical (unpaired) electrons. The lowest BCUT2D eigenvalue weighted by atomic mass is 9.97. The maximum absolute atomic E-state index is 10.3. The normalized spacial score (nSPS) is 11.0. The number of carboxylic acids is 2. The van der Waals surface area contributed by atoms with Crippen molar-refractivity contribution in [1.82, 2.24) is 0 Å². The first-order chi connectivity index (χ1) is 22.7. The molecule has 0 aliphatic carbocycles. The molecule has 0 saturated carbocycles. The number of carboxylic acid groups (broad SMARTS) is 2. The van der Waals surface area contributed by atoms with Gasteiger partial charge in [-0.05, 0) is 12.8 Å². The summed E-state index contributed by atoms with van der Waals surface area (Å²) in [5.74, 6) is -1.31. The van der Waals surface area contributed by atoms with Gasteiger partial charge in [-0.15, -0.1) is 0 Å². The molecule has 0 aliphatic rings. The van der Waals surface area contributed by atoms with E-state index < -0.39 is 11.9 Å². The Balaban J connectivity index is -0.000000685. The van der Waals surface area contributed by atoms with E-state index in [2.05, 4.69) is 13.8 Å². The molecule has 0 saturated heterocycles. The Hall–Kier alpha value is -1.14. The molecule has 6 nitrogen and oxygen atoms in total. The van der Waals surface area contributed by atoms with Gasteiger partial charge in [0.15, 0.2) is 0 Å². The molecule has 0 atom stereocenters. The zero-order valence-corrected chi connectivity index (χ0v) is 32.1. The highest BCUT2D eigenvalue weighted by atomic mass is 16.4. The van der Waals surface area contributed by atoms with Crippen molar-refractivity contribution in [2.24, 2.45) is 5.41 Å². The molecule has 0 aromatic carbocycles. The van der Waals surface area contributed by atoms with E-state index in [1.165, 1.54) is 167 Å². The van der Waals surface area contributed by atoms with Crippen molar-refractivity contribution >= 4 is 11.9 Å². The third kappa shape index (κ3) is 54.6. The SMILES string of the molecule is CC(C)(CO)CO.CCCCCCCCCCCCCCCCCC(=O)O.CCCCCCCCCCCCCCCCCC(=O)O. The molecule has 0 heterocycles. The minimum atomic E-state index is -0.653. The van der Waals surface area contributed by atoms with Crippen molar-refractivity contribution in [2.45, 2.75) is 233 Å². The second-order valence-corrected chi connectivity index (χ2v) is 14.7. The fourth-order valence-corrected chi connectivity index (χ4v) is 5.35. The molecular weight excluding hydrogens is 588 g/mol. The molecule has 0 bridgehead atoms. The molecule has 0 aliphatic heterocycles. The molecule has 4 N–H and O–H groups in total. The van der Waals surface area contributed by atoms with E-state index in [0.717, 1.165) is 25.7 Å².